The zero-order chi connectivity index (χ0) is 18.6. The van der Waals surface area contributed by atoms with Gasteiger partial charge in [0.15, 0.2) is 5.69 Å². The number of nitrogens with one attached hydrogen (secondary N) is 2. The second-order valence-corrected chi connectivity index (χ2v) is 7.71. The van der Waals surface area contributed by atoms with E-state index in [4.69, 9.17) is 0 Å². The van der Waals surface area contributed by atoms with Crippen molar-refractivity contribution in [3.63, 3.8) is 0 Å². The number of fused-ring (bicyclic) bond motifs is 1. The van der Waals surface area contributed by atoms with Crippen LogP contribution in [0, 0.1) is 0 Å². The molecule has 1 saturated heterocycles. The maximum absolute atomic E-state index is 12.8. The van der Waals surface area contributed by atoms with Crippen LogP contribution in [0.15, 0.2) is 30.3 Å². The summed E-state index contributed by atoms with van der Waals surface area (Å²) >= 11 is 0. The highest BCUT2D eigenvalue weighted by Gasteiger charge is 2.26. The van der Waals surface area contributed by atoms with E-state index in [2.05, 4.69) is 56.6 Å². The average Bonchev–Trinajstić information content (AvgIpc) is 3.14. The quantitative estimate of drug-likeness (QED) is 0.849. The Bertz CT molecular complexity index is 764. The molecule has 1 amide bonds. The van der Waals surface area contributed by atoms with Crippen LogP contribution in [0.5, 0.6) is 0 Å². The monoisotopic (exact) mass is 367 g/mol. The Balaban J connectivity index is 1.47. The van der Waals surface area contributed by atoms with Crippen LogP contribution in [0.1, 0.15) is 46.2 Å². The molecule has 1 fully saturated rings. The standard InChI is InChI=1S/C21H29N5O/c1-25-11-13-26(14-12-25)19(16-7-3-2-4-8-16)15-22-21(27)20-17-9-5-6-10-18(17)23-24-20/h2-4,7-8,19H,5-6,9-15H2,1H3,(H,22,27)(H,23,24). The van der Waals surface area contributed by atoms with Crippen molar-refractivity contribution in [2.24, 2.45) is 0 Å². The van der Waals surface area contributed by atoms with Gasteiger partial charge in [-0.05, 0) is 38.3 Å². The van der Waals surface area contributed by atoms with E-state index >= 15 is 0 Å². The van der Waals surface area contributed by atoms with Gasteiger partial charge in [0.05, 0.1) is 6.04 Å². The molecule has 1 aliphatic heterocycles. The molecule has 0 radical (unpaired) electrons. The van der Waals surface area contributed by atoms with Gasteiger partial charge in [-0.2, -0.15) is 5.10 Å². The number of aromatic amines is 1. The molecule has 1 unspecified atom stereocenters. The summed E-state index contributed by atoms with van der Waals surface area (Å²) in [6.07, 6.45) is 4.27. The zero-order valence-corrected chi connectivity index (χ0v) is 16.1. The van der Waals surface area contributed by atoms with Gasteiger partial charge in [0.25, 0.3) is 5.91 Å². The Morgan fingerprint density at radius 3 is 2.67 bits per heavy atom. The molecule has 2 aromatic rings. The van der Waals surface area contributed by atoms with E-state index in [0.29, 0.717) is 12.2 Å². The normalized spacial score (nSPS) is 19.4. The summed E-state index contributed by atoms with van der Waals surface area (Å²) in [6.45, 7) is 4.76. The lowest BCUT2D eigenvalue weighted by atomic mass is 9.95. The Hall–Kier alpha value is -2.18. The molecule has 4 rings (SSSR count). The van der Waals surface area contributed by atoms with Crippen molar-refractivity contribution in [3.05, 3.63) is 52.8 Å². The molecule has 6 heteroatoms. The molecular weight excluding hydrogens is 338 g/mol. The third kappa shape index (κ3) is 4.06. The third-order valence-corrected chi connectivity index (χ3v) is 5.89. The summed E-state index contributed by atoms with van der Waals surface area (Å²) in [5, 5.41) is 10.5. The van der Waals surface area contributed by atoms with Crippen molar-refractivity contribution in [3.8, 4) is 0 Å². The Kier molecular flexibility index (Phi) is 5.55. The third-order valence-electron chi connectivity index (χ3n) is 5.89. The van der Waals surface area contributed by atoms with Crippen LogP contribution in [0.3, 0.4) is 0 Å². The van der Waals surface area contributed by atoms with Crippen molar-refractivity contribution in [1.82, 2.24) is 25.3 Å². The topological polar surface area (TPSA) is 64.3 Å². The van der Waals surface area contributed by atoms with E-state index in [1.165, 1.54) is 12.0 Å². The molecule has 2 heterocycles. The maximum atomic E-state index is 12.8. The average molecular weight is 367 g/mol. The van der Waals surface area contributed by atoms with Gasteiger partial charge in [0, 0.05) is 44.0 Å². The van der Waals surface area contributed by atoms with Gasteiger partial charge in [0.2, 0.25) is 0 Å². The molecule has 144 valence electrons. The van der Waals surface area contributed by atoms with Crippen LogP contribution >= 0.6 is 0 Å². The van der Waals surface area contributed by atoms with Crippen LogP contribution < -0.4 is 5.32 Å². The summed E-state index contributed by atoms with van der Waals surface area (Å²) in [5.41, 5.74) is 4.11. The lowest BCUT2D eigenvalue weighted by molar-refractivity contribution is 0.0881. The fourth-order valence-electron chi connectivity index (χ4n) is 4.21. The highest BCUT2D eigenvalue weighted by atomic mass is 16.1. The molecule has 1 aromatic heterocycles. The molecule has 27 heavy (non-hydrogen) atoms. The fourth-order valence-corrected chi connectivity index (χ4v) is 4.21. The number of aromatic nitrogens is 2. The second kappa shape index (κ2) is 8.23. The van der Waals surface area contributed by atoms with Crippen LogP contribution in [0.4, 0.5) is 0 Å². The highest BCUT2D eigenvalue weighted by molar-refractivity contribution is 5.94. The summed E-state index contributed by atoms with van der Waals surface area (Å²) in [7, 11) is 2.16. The molecule has 1 aromatic carbocycles. The van der Waals surface area contributed by atoms with Crippen molar-refractivity contribution in [2.45, 2.75) is 31.7 Å². The van der Waals surface area contributed by atoms with Gasteiger partial charge >= 0.3 is 0 Å². The number of carbonyl (C=O) groups is 1. The van der Waals surface area contributed by atoms with E-state index in [9.17, 15) is 4.79 Å². The number of amides is 1. The second-order valence-electron chi connectivity index (χ2n) is 7.71. The van der Waals surface area contributed by atoms with Gasteiger partial charge in [-0.25, -0.2) is 0 Å². The Labute approximate surface area is 160 Å². The largest absolute Gasteiger partial charge is 0.349 e. The molecular formula is C21H29N5O. The number of likely N-dealkylation sites (N-methyl/N-ethyl adjacent to an activating group) is 1. The smallest absolute Gasteiger partial charge is 0.272 e. The van der Waals surface area contributed by atoms with Crippen molar-refractivity contribution < 1.29 is 4.79 Å². The zero-order valence-electron chi connectivity index (χ0n) is 16.1. The molecule has 0 bridgehead atoms. The van der Waals surface area contributed by atoms with Gasteiger partial charge < -0.3 is 10.2 Å². The molecule has 2 N–H and O–H groups in total. The SMILES string of the molecule is CN1CCN(C(CNC(=O)c2n[nH]c3c2CCCC3)c2ccccc2)CC1. The number of piperazine rings is 1. The lowest BCUT2D eigenvalue weighted by Gasteiger charge is -2.38. The highest BCUT2D eigenvalue weighted by Crippen LogP contribution is 2.24. The first-order valence-corrected chi connectivity index (χ1v) is 10.0. The van der Waals surface area contributed by atoms with E-state index in [1.807, 2.05) is 6.07 Å². The van der Waals surface area contributed by atoms with Crippen molar-refractivity contribution >= 4 is 5.91 Å². The summed E-state index contributed by atoms with van der Waals surface area (Å²) in [4.78, 5) is 17.7. The van der Waals surface area contributed by atoms with E-state index in [1.54, 1.807) is 0 Å². The van der Waals surface area contributed by atoms with Crippen LogP contribution in [-0.4, -0.2) is 65.7 Å². The minimum Gasteiger partial charge on any atom is -0.349 e. The minimum atomic E-state index is -0.0514. The number of hydrogen-bond acceptors (Lipinski definition) is 4. The number of H-pyrrole nitrogens is 1. The summed E-state index contributed by atoms with van der Waals surface area (Å²) in [6, 6.07) is 10.7. The summed E-state index contributed by atoms with van der Waals surface area (Å²) in [5.74, 6) is -0.0514. The Morgan fingerprint density at radius 2 is 1.89 bits per heavy atom. The van der Waals surface area contributed by atoms with Crippen molar-refractivity contribution in [1.29, 1.82) is 0 Å². The number of hydrogen-bond donors (Lipinski definition) is 2. The molecule has 0 saturated carbocycles. The van der Waals surface area contributed by atoms with E-state index in [-0.39, 0.29) is 11.9 Å². The van der Waals surface area contributed by atoms with E-state index in [0.717, 1.165) is 56.7 Å². The van der Waals surface area contributed by atoms with E-state index < -0.39 is 0 Å². The predicted molar refractivity (Wildman–Crippen MR) is 106 cm³/mol. The lowest BCUT2D eigenvalue weighted by Crippen LogP contribution is -2.48. The molecule has 1 aliphatic carbocycles. The van der Waals surface area contributed by atoms with Crippen LogP contribution in [0.2, 0.25) is 0 Å². The van der Waals surface area contributed by atoms with Crippen LogP contribution in [0.25, 0.3) is 0 Å². The van der Waals surface area contributed by atoms with Crippen molar-refractivity contribution in [2.75, 3.05) is 39.8 Å². The Morgan fingerprint density at radius 1 is 1.15 bits per heavy atom. The van der Waals surface area contributed by atoms with Gasteiger partial charge in [0.1, 0.15) is 0 Å². The first-order valence-electron chi connectivity index (χ1n) is 10.0. The van der Waals surface area contributed by atoms with Crippen LogP contribution in [-0.2, 0) is 12.8 Å². The van der Waals surface area contributed by atoms with Gasteiger partial charge in [-0.3, -0.25) is 14.8 Å². The number of benzene rings is 1. The molecule has 1 atom stereocenters. The minimum absolute atomic E-state index is 0.0514. The first kappa shape index (κ1) is 18.2. The summed E-state index contributed by atoms with van der Waals surface area (Å²) < 4.78 is 0. The predicted octanol–water partition coefficient (Wildman–Crippen LogP) is 2.01. The first-order chi connectivity index (χ1) is 13.2. The fraction of sp³-hybridized carbons (Fsp3) is 0.524. The number of aryl methyl sites for hydroxylation is 1. The number of carbonyl (C=O) groups excluding carboxylic acids is 1. The number of rotatable bonds is 5. The molecule has 0 spiro atoms. The maximum Gasteiger partial charge on any atom is 0.272 e. The molecule has 6 nitrogen and oxygen atoms in total. The number of nitrogens with zero attached hydrogens (tertiary/aromatic N) is 3. The van der Waals surface area contributed by atoms with Gasteiger partial charge in [-0.15, -0.1) is 0 Å². The van der Waals surface area contributed by atoms with Gasteiger partial charge in [-0.1, -0.05) is 30.3 Å². The molecule has 2 aliphatic rings.